The first-order valence-electron chi connectivity index (χ1n) is 7.76. The van der Waals surface area contributed by atoms with Crippen molar-refractivity contribution in [1.82, 2.24) is 4.90 Å². The average molecular weight is 328 g/mol. The Kier molecular flexibility index (Phi) is 4.23. The summed E-state index contributed by atoms with van der Waals surface area (Å²) in [7, 11) is 0. The molecule has 3 atom stereocenters. The third-order valence-corrected chi connectivity index (χ3v) is 4.58. The van der Waals surface area contributed by atoms with Crippen LogP contribution in [-0.4, -0.2) is 36.3 Å². The number of rotatable bonds is 4. The highest BCUT2D eigenvalue weighted by Gasteiger charge is 2.49. The van der Waals surface area contributed by atoms with Gasteiger partial charge in [-0.2, -0.15) is 0 Å². The van der Waals surface area contributed by atoms with E-state index in [0.717, 1.165) is 12.8 Å². The first kappa shape index (κ1) is 16.1. The number of hydrogen-bond donors (Lipinski definition) is 1. The number of carbonyl (C=O) groups excluding carboxylic acids is 1. The molecule has 1 saturated heterocycles. The van der Waals surface area contributed by atoms with E-state index >= 15 is 0 Å². The molecule has 1 heterocycles. The van der Waals surface area contributed by atoms with Crippen LogP contribution in [0.15, 0.2) is 24.3 Å². The van der Waals surface area contributed by atoms with Crippen LogP contribution < -0.4 is 10.5 Å². The van der Waals surface area contributed by atoms with Gasteiger partial charge in [0.2, 0.25) is 5.91 Å². The molecule has 0 spiro atoms. The maximum Gasteiger partial charge on any atom is 0.573 e. The van der Waals surface area contributed by atoms with E-state index in [4.69, 9.17) is 5.73 Å². The van der Waals surface area contributed by atoms with E-state index < -0.39 is 6.36 Å². The van der Waals surface area contributed by atoms with Crippen molar-refractivity contribution in [3.05, 3.63) is 29.8 Å². The van der Waals surface area contributed by atoms with E-state index in [0.29, 0.717) is 25.1 Å². The van der Waals surface area contributed by atoms with Gasteiger partial charge in [-0.15, -0.1) is 13.2 Å². The van der Waals surface area contributed by atoms with Crippen LogP contribution in [0.4, 0.5) is 13.2 Å². The monoisotopic (exact) mass is 328 g/mol. The second-order valence-electron chi connectivity index (χ2n) is 6.10. The SMILES string of the molecule is NCC1CCCN1C(=O)C1CC1c1ccccc1OC(F)(F)F. The molecule has 2 aliphatic rings. The summed E-state index contributed by atoms with van der Waals surface area (Å²) in [6.07, 6.45) is -2.35. The van der Waals surface area contributed by atoms with E-state index in [-0.39, 0.29) is 29.5 Å². The number of alkyl halides is 3. The second-order valence-corrected chi connectivity index (χ2v) is 6.10. The molecule has 4 nitrogen and oxygen atoms in total. The maximum atomic E-state index is 12.6. The molecule has 2 N–H and O–H groups in total. The van der Waals surface area contributed by atoms with Gasteiger partial charge in [-0.25, -0.2) is 0 Å². The van der Waals surface area contributed by atoms with Crippen LogP contribution in [0.1, 0.15) is 30.7 Å². The van der Waals surface area contributed by atoms with Crippen molar-refractivity contribution in [2.45, 2.75) is 37.6 Å². The predicted molar refractivity (Wildman–Crippen MR) is 77.8 cm³/mol. The van der Waals surface area contributed by atoms with Gasteiger partial charge in [0, 0.05) is 25.0 Å². The Balaban J connectivity index is 1.72. The van der Waals surface area contributed by atoms with Gasteiger partial charge in [-0.3, -0.25) is 4.79 Å². The Morgan fingerprint density at radius 2 is 2.09 bits per heavy atom. The lowest BCUT2D eigenvalue weighted by Crippen LogP contribution is -2.40. The van der Waals surface area contributed by atoms with Crippen molar-refractivity contribution in [1.29, 1.82) is 0 Å². The Morgan fingerprint density at radius 1 is 1.35 bits per heavy atom. The predicted octanol–water partition coefficient (Wildman–Crippen LogP) is 2.64. The highest BCUT2D eigenvalue weighted by atomic mass is 19.4. The zero-order valence-electron chi connectivity index (χ0n) is 12.6. The van der Waals surface area contributed by atoms with Gasteiger partial charge in [-0.1, -0.05) is 18.2 Å². The van der Waals surface area contributed by atoms with Crippen LogP contribution in [0.5, 0.6) is 5.75 Å². The summed E-state index contributed by atoms with van der Waals surface area (Å²) in [6.45, 7) is 1.11. The number of likely N-dealkylation sites (tertiary alicyclic amines) is 1. The Bertz CT molecular complexity index is 591. The van der Waals surface area contributed by atoms with E-state index in [1.165, 1.54) is 12.1 Å². The van der Waals surface area contributed by atoms with Crippen molar-refractivity contribution in [2.24, 2.45) is 11.7 Å². The summed E-state index contributed by atoms with van der Waals surface area (Å²) in [5, 5.41) is 0. The summed E-state index contributed by atoms with van der Waals surface area (Å²) in [6, 6.07) is 6.11. The van der Waals surface area contributed by atoms with Gasteiger partial charge < -0.3 is 15.4 Å². The van der Waals surface area contributed by atoms with Gasteiger partial charge in [0.05, 0.1) is 0 Å². The summed E-state index contributed by atoms with van der Waals surface area (Å²) in [5.41, 5.74) is 6.13. The highest BCUT2D eigenvalue weighted by Crippen LogP contribution is 2.52. The Hall–Kier alpha value is -1.76. The van der Waals surface area contributed by atoms with Crippen molar-refractivity contribution < 1.29 is 22.7 Å². The summed E-state index contributed by atoms with van der Waals surface area (Å²) >= 11 is 0. The fourth-order valence-electron chi connectivity index (χ4n) is 3.40. The van der Waals surface area contributed by atoms with Crippen LogP contribution in [0.25, 0.3) is 0 Å². The smallest absolute Gasteiger partial charge is 0.405 e. The molecule has 1 amide bonds. The highest BCUT2D eigenvalue weighted by molar-refractivity contribution is 5.83. The van der Waals surface area contributed by atoms with Gasteiger partial charge in [0.1, 0.15) is 5.75 Å². The molecule has 23 heavy (non-hydrogen) atoms. The molecular formula is C16H19F3N2O2. The first-order valence-corrected chi connectivity index (χ1v) is 7.76. The third kappa shape index (κ3) is 3.44. The number of carbonyl (C=O) groups is 1. The van der Waals surface area contributed by atoms with E-state index in [9.17, 15) is 18.0 Å². The molecule has 0 aromatic heterocycles. The molecule has 3 rings (SSSR count). The largest absolute Gasteiger partial charge is 0.573 e. The topological polar surface area (TPSA) is 55.6 Å². The summed E-state index contributed by atoms with van der Waals surface area (Å²) in [4.78, 5) is 14.4. The molecule has 1 aromatic carbocycles. The molecule has 1 aliphatic carbocycles. The third-order valence-electron chi connectivity index (χ3n) is 4.58. The standard InChI is InChI=1S/C16H19F3N2O2/c17-16(18,19)23-14-6-2-1-5-11(14)12-8-13(12)15(22)21-7-3-4-10(21)9-20/h1-2,5-6,10,12-13H,3-4,7-9,20H2. The number of ether oxygens (including phenoxy) is 1. The Labute approximate surface area is 132 Å². The lowest BCUT2D eigenvalue weighted by Gasteiger charge is -2.23. The normalized spacial score (nSPS) is 27.1. The number of hydrogen-bond acceptors (Lipinski definition) is 3. The van der Waals surface area contributed by atoms with Crippen molar-refractivity contribution in [3.63, 3.8) is 0 Å². The number of para-hydroxylation sites is 1. The lowest BCUT2D eigenvalue weighted by atomic mass is 10.1. The number of benzene rings is 1. The fourth-order valence-corrected chi connectivity index (χ4v) is 3.40. The average Bonchev–Trinajstić information content (AvgIpc) is 3.13. The molecule has 0 bridgehead atoms. The van der Waals surface area contributed by atoms with Crippen LogP contribution in [-0.2, 0) is 4.79 Å². The molecule has 1 aromatic rings. The lowest BCUT2D eigenvalue weighted by molar-refractivity contribution is -0.274. The zero-order chi connectivity index (χ0) is 16.6. The van der Waals surface area contributed by atoms with Gasteiger partial charge >= 0.3 is 6.36 Å². The molecule has 0 radical (unpaired) electrons. The number of nitrogens with two attached hydrogens (primary N) is 1. The maximum absolute atomic E-state index is 12.6. The van der Waals surface area contributed by atoms with E-state index in [1.807, 2.05) is 0 Å². The van der Waals surface area contributed by atoms with Crippen LogP contribution in [0.2, 0.25) is 0 Å². The molecule has 2 fully saturated rings. The van der Waals surface area contributed by atoms with E-state index in [1.54, 1.807) is 17.0 Å². The first-order chi connectivity index (χ1) is 10.9. The zero-order valence-corrected chi connectivity index (χ0v) is 12.6. The van der Waals surface area contributed by atoms with Gasteiger partial charge in [0.15, 0.2) is 0 Å². The van der Waals surface area contributed by atoms with Crippen LogP contribution in [0, 0.1) is 5.92 Å². The fraction of sp³-hybridized carbons (Fsp3) is 0.562. The minimum Gasteiger partial charge on any atom is -0.405 e. The molecular weight excluding hydrogens is 309 g/mol. The van der Waals surface area contributed by atoms with Gasteiger partial charge in [0.25, 0.3) is 0 Å². The minimum atomic E-state index is -4.73. The van der Waals surface area contributed by atoms with Crippen LogP contribution in [0.3, 0.4) is 0 Å². The van der Waals surface area contributed by atoms with Crippen molar-refractivity contribution >= 4 is 5.91 Å². The van der Waals surface area contributed by atoms with Crippen molar-refractivity contribution in [2.75, 3.05) is 13.1 Å². The molecule has 3 unspecified atom stereocenters. The van der Waals surface area contributed by atoms with Crippen LogP contribution >= 0.6 is 0 Å². The second kappa shape index (κ2) is 6.03. The number of nitrogens with zero attached hydrogens (tertiary/aromatic N) is 1. The molecule has 1 saturated carbocycles. The van der Waals surface area contributed by atoms with Gasteiger partial charge in [-0.05, 0) is 36.8 Å². The minimum absolute atomic E-state index is 0.00441. The quantitative estimate of drug-likeness (QED) is 0.924. The van der Waals surface area contributed by atoms with E-state index in [2.05, 4.69) is 4.74 Å². The number of halogens is 3. The Morgan fingerprint density at radius 3 is 2.78 bits per heavy atom. The molecule has 1 aliphatic heterocycles. The van der Waals surface area contributed by atoms with Crippen molar-refractivity contribution in [3.8, 4) is 5.75 Å². The summed E-state index contributed by atoms with van der Waals surface area (Å²) in [5.74, 6) is -0.679. The summed E-state index contributed by atoms with van der Waals surface area (Å²) < 4.78 is 41.6. The number of amides is 1. The molecule has 7 heteroatoms. The molecule has 126 valence electrons.